The lowest BCUT2D eigenvalue weighted by Gasteiger charge is -2.36. The Bertz CT molecular complexity index is 424. The van der Waals surface area contributed by atoms with Gasteiger partial charge in [0.15, 0.2) is 0 Å². The maximum Gasteiger partial charge on any atom is 0.137 e. The minimum absolute atomic E-state index is 0.184. The molecule has 0 aliphatic carbocycles. The number of anilines is 2. The minimum Gasteiger partial charge on any atom is -0.393 e. The highest BCUT2D eigenvalue weighted by molar-refractivity contribution is 5.58. The van der Waals surface area contributed by atoms with E-state index in [1.807, 2.05) is 0 Å². The van der Waals surface area contributed by atoms with E-state index in [-0.39, 0.29) is 12.0 Å². The second-order valence-corrected chi connectivity index (χ2v) is 5.38. The molecule has 1 aromatic rings. The van der Waals surface area contributed by atoms with E-state index >= 15 is 0 Å². The zero-order chi connectivity index (χ0) is 13.8. The van der Waals surface area contributed by atoms with Gasteiger partial charge in [0.05, 0.1) is 6.10 Å². The molecule has 19 heavy (non-hydrogen) atoms. The highest BCUT2D eigenvalue weighted by atomic mass is 16.3. The van der Waals surface area contributed by atoms with E-state index in [0.29, 0.717) is 0 Å². The lowest BCUT2D eigenvalue weighted by Crippen LogP contribution is -2.42. The SMILES string of the molecule is CCCNc1ncnc(N2CCC(O)C(C)C2)c1C. The molecule has 5 nitrogen and oxygen atoms in total. The van der Waals surface area contributed by atoms with E-state index in [1.165, 1.54) is 0 Å². The van der Waals surface area contributed by atoms with Gasteiger partial charge in [0.25, 0.3) is 0 Å². The van der Waals surface area contributed by atoms with Crippen LogP contribution in [0.5, 0.6) is 0 Å². The molecule has 0 radical (unpaired) electrons. The first-order valence-electron chi connectivity index (χ1n) is 7.12. The number of aromatic nitrogens is 2. The zero-order valence-electron chi connectivity index (χ0n) is 12.1. The number of aliphatic hydroxyl groups excluding tert-OH is 1. The van der Waals surface area contributed by atoms with Crippen LogP contribution in [0, 0.1) is 12.8 Å². The molecule has 0 amide bonds. The van der Waals surface area contributed by atoms with Gasteiger partial charge in [-0.05, 0) is 25.7 Å². The lowest BCUT2D eigenvalue weighted by molar-refractivity contribution is 0.0968. The minimum atomic E-state index is -0.184. The number of hydrogen-bond acceptors (Lipinski definition) is 5. The Hall–Kier alpha value is -1.36. The van der Waals surface area contributed by atoms with Gasteiger partial charge in [-0.2, -0.15) is 0 Å². The van der Waals surface area contributed by atoms with Crippen molar-refractivity contribution in [2.24, 2.45) is 5.92 Å². The van der Waals surface area contributed by atoms with Crippen LogP contribution in [0.1, 0.15) is 32.3 Å². The fourth-order valence-electron chi connectivity index (χ4n) is 2.51. The molecule has 2 heterocycles. The summed E-state index contributed by atoms with van der Waals surface area (Å²) in [5.74, 6) is 2.20. The van der Waals surface area contributed by atoms with Crippen LogP contribution < -0.4 is 10.2 Å². The van der Waals surface area contributed by atoms with Crippen molar-refractivity contribution in [3.63, 3.8) is 0 Å². The smallest absolute Gasteiger partial charge is 0.137 e. The number of piperidine rings is 1. The molecule has 106 valence electrons. The number of rotatable bonds is 4. The first-order valence-corrected chi connectivity index (χ1v) is 7.12. The van der Waals surface area contributed by atoms with Gasteiger partial charge in [0.1, 0.15) is 18.0 Å². The summed E-state index contributed by atoms with van der Waals surface area (Å²) < 4.78 is 0. The Morgan fingerprint density at radius 2 is 2.26 bits per heavy atom. The van der Waals surface area contributed by atoms with Gasteiger partial charge in [0, 0.05) is 25.2 Å². The zero-order valence-corrected chi connectivity index (χ0v) is 12.1. The van der Waals surface area contributed by atoms with Crippen LogP contribution >= 0.6 is 0 Å². The number of hydrogen-bond donors (Lipinski definition) is 2. The highest BCUT2D eigenvalue weighted by Gasteiger charge is 2.26. The molecular formula is C14H24N4O. The molecule has 1 saturated heterocycles. The van der Waals surface area contributed by atoms with Gasteiger partial charge < -0.3 is 15.3 Å². The van der Waals surface area contributed by atoms with Crippen molar-refractivity contribution in [2.75, 3.05) is 29.9 Å². The van der Waals surface area contributed by atoms with Gasteiger partial charge in [-0.3, -0.25) is 0 Å². The third-order valence-electron chi connectivity index (χ3n) is 3.76. The van der Waals surface area contributed by atoms with E-state index in [2.05, 4.69) is 41.0 Å². The molecule has 0 bridgehead atoms. The molecule has 2 N–H and O–H groups in total. The Morgan fingerprint density at radius 1 is 1.47 bits per heavy atom. The van der Waals surface area contributed by atoms with Crippen LogP contribution in [0.25, 0.3) is 0 Å². The third kappa shape index (κ3) is 3.15. The standard InChI is InChI=1S/C14H24N4O/c1-4-6-15-13-11(3)14(17-9-16-13)18-7-5-12(19)10(2)8-18/h9-10,12,19H,4-8H2,1-3H3,(H,15,16,17). The second-order valence-electron chi connectivity index (χ2n) is 5.38. The van der Waals surface area contributed by atoms with Crippen molar-refractivity contribution < 1.29 is 5.11 Å². The molecule has 1 aliphatic heterocycles. The Balaban J connectivity index is 2.16. The molecule has 1 aliphatic rings. The highest BCUT2D eigenvalue weighted by Crippen LogP contribution is 2.26. The Kier molecular flexibility index (Phi) is 4.58. The molecular weight excluding hydrogens is 240 g/mol. The maximum atomic E-state index is 9.81. The van der Waals surface area contributed by atoms with E-state index in [1.54, 1.807) is 6.33 Å². The number of nitrogens with one attached hydrogen (secondary N) is 1. The van der Waals surface area contributed by atoms with Crippen molar-refractivity contribution in [1.82, 2.24) is 9.97 Å². The summed E-state index contributed by atoms with van der Waals surface area (Å²) in [4.78, 5) is 11.0. The quantitative estimate of drug-likeness (QED) is 0.868. The van der Waals surface area contributed by atoms with Crippen molar-refractivity contribution >= 4 is 11.6 Å². The predicted molar refractivity (Wildman–Crippen MR) is 77.6 cm³/mol. The summed E-state index contributed by atoms with van der Waals surface area (Å²) in [6.45, 7) is 8.92. The normalized spacial score (nSPS) is 23.5. The largest absolute Gasteiger partial charge is 0.393 e. The topological polar surface area (TPSA) is 61.3 Å². The fourth-order valence-corrected chi connectivity index (χ4v) is 2.51. The Morgan fingerprint density at radius 3 is 2.95 bits per heavy atom. The summed E-state index contributed by atoms with van der Waals surface area (Å²) in [6, 6.07) is 0. The van der Waals surface area contributed by atoms with Crippen molar-refractivity contribution in [2.45, 2.75) is 39.7 Å². The van der Waals surface area contributed by atoms with Crippen molar-refractivity contribution in [3.05, 3.63) is 11.9 Å². The van der Waals surface area contributed by atoms with Crippen LogP contribution in [0.2, 0.25) is 0 Å². The molecule has 2 atom stereocenters. The number of aliphatic hydroxyl groups is 1. The first kappa shape index (κ1) is 14.1. The van der Waals surface area contributed by atoms with Gasteiger partial charge >= 0.3 is 0 Å². The van der Waals surface area contributed by atoms with E-state index in [0.717, 1.165) is 49.7 Å². The van der Waals surface area contributed by atoms with Crippen molar-refractivity contribution in [3.8, 4) is 0 Å². The average molecular weight is 264 g/mol. The van der Waals surface area contributed by atoms with E-state index in [9.17, 15) is 5.11 Å². The van der Waals surface area contributed by atoms with Crippen LogP contribution in [0.15, 0.2) is 6.33 Å². The van der Waals surface area contributed by atoms with Crippen LogP contribution in [-0.2, 0) is 0 Å². The average Bonchev–Trinajstić information content (AvgIpc) is 2.41. The lowest BCUT2D eigenvalue weighted by atomic mass is 9.96. The van der Waals surface area contributed by atoms with Crippen LogP contribution in [-0.4, -0.2) is 40.8 Å². The molecule has 0 aromatic carbocycles. The molecule has 0 saturated carbocycles. The summed E-state index contributed by atoms with van der Waals surface area (Å²) in [6.07, 6.45) is 3.32. The predicted octanol–water partition coefficient (Wildman–Crippen LogP) is 1.81. The second kappa shape index (κ2) is 6.19. The molecule has 0 spiro atoms. The molecule has 2 rings (SSSR count). The number of nitrogens with zero attached hydrogens (tertiary/aromatic N) is 3. The molecule has 2 unspecified atom stereocenters. The first-order chi connectivity index (χ1) is 9.13. The van der Waals surface area contributed by atoms with E-state index in [4.69, 9.17) is 0 Å². The summed E-state index contributed by atoms with van der Waals surface area (Å²) in [5.41, 5.74) is 1.10. The monoisotopic (exact) mass is 264 g/mol. The maximum absolute atomic E-state index is 9.81. The third-order valence-corrected chi connectivity index (χ3v) is 3.76. The van der Waals surface area contributed by atoms with Gasteiger partial charge in [0.2, 0.25) is 0 Å². The van der Waals surface area contributed by atoms with Crippen LogP contribution in [0.4, 0.5) is 11.6 Å². The van der Waals surface area contributed by atoms with Gasteiger partial charge in [-0.15, -0.1) is 0 Å². The summed E-state index contributed by atoms with van der Waals surface area (Å²) in [5, 5.41) is 13.1. The van der Waals surface area contributed by atoms with Gasteiger partial charge in [-0.25, -0.2) is 9.97 Å². The van der Waals surface area contributed by atoms with Crippen LogP contribution in [0.3, 0.4) is 0 Å². The van der Waals surface area contributed by atoms with E-state index < -0.39 is 0 Å². The van der Waals surface area contributed by atoms with Gasteiger partial charge in [-0.1, -0.05) is 13.8 Å². The Labute approximate surface area is 115 Å². The molecule has 1 fully saturated rings. The molecule has 1 aromatic heterocycles. The summed E-state index contributed by atoms with van der Waals surface area (Å²) in [7, 11) is 0. The fraction of sp³-hybridized carbons (Fsp3) is 0.714. The molecule has 5 heteroatoms. The van der Waals surface area contributed by atoms with Crippen molar-refractivity contribution in [1.29, 1.82) is 0 Å². The summed E-state index contributed by atoms with van der Waals surface area (Å²) >= 11 is 0.